The topological polar surface area (TPSA) is 90.7 Å². The normalized spacial score (nSPS) is 10.2. The number of rotatable bonds is 10. The van der Waals surface area contributed by atoms with E-state index in [0.717, 1.165) is 0 Å². The molecular formula is C20H24N2O4. The van der Waals surface area contributed by atoms with Crippen molar-refractivity contribution in [2.45, 2.75) is 19.3 Å². The van der Waals surface area contributed by atoms with E-state index in [1.54, 1.807) is 55.6 Å². The minimum atomic E-state index is -0.122. The second kappa shape index (κ2) is 10.2. The summed E-state index contributed by atoms with van der Waals surface area (Å²) in [5, 5.41) is 2.81. The van der Waals surface area contributed by atoms with Gasteiger partial charge in [-0.1, -0.05) is 0 Å². The molecule has 1 amide bonds. The summed E-state index contributed by atoms with van der Waals surface area (Å²) in [5.74, 6) is 1.31. The fourth-order valence-corrected chi connectivity index (χ4v) is 2.37. The van der Waals surface area contributed by atoms with E-state index in [0.29, 0.717) is 48.7 Å². The number of ketones is 1. The Morgan fingerprint density at radius 2 is 1.62 bits per heavy atom. The molecule has 0 unspecified atom stereocenters. The lowest BCUT2D eigenvalue weighted by molar-refractivity contribution is -0.116. The van der Waals surface area contributed by atoms with E-state index < -0.39 is 0 Å². The van der Waals surface area contributed by atoms with Crippen molar-refractivity contribution in [1.82, 2.24) is 0 Å². The lowest BCUT2D eigenvalue weighted by Crippen LogP contribution is -2.12. The highest BCUT2D eigenvalue weighted by Gasteiger charge is 2.08. The van der Waals surface area contributed by atoms with Crippen LogP contribution in [0, 0.1) is 0 Å². The van der Waals surface area contributed by atoms with Crippen molar-refractivity contribution >= 4 is 17.4 Å². The van der Waals surface area contributed by atoms with Gasteiger partial charge in [0.25, 0.3) is 0 Å². The predicted molar refractivity (Wildman–Crippen MR) is 101 cm³/mol. The van der Waals surface area contributed by atoms with Crippen LogP contribution in [0.2, 0.25) is 0 Å². The maximum absolute atomic E-state index is 12.1. The zero-order valence-corrected chi connectivity index (χ0v) is 14.9. The monoisotopic (exact) mass is 356 g/mol. The van der Waals surface area contributed by atoms with Crippen LogP contribution in [0.15, 0.2) is 48.5 Å². The third kappa shape index (κ3) is 6.22. The fraction of sp³-hybridized carbons (Fsp3) is 0.300. The van der Waals surface area contributed by atoms with Crippen LogP contribution in [0.3, 0.4) is 0 Å². The second-order valence-electron chi connectivity index (χ2n) is 5.71. The van der Waals surface area contributed by atoms with Crippen LogP contribution in [0.1, 0.15) is 29.6 Å². The molecular weight excluding hydrogens is 332 g/mol. The minimum Gasteiger partial charge on any atom is -0.497 e. The van der Waals surface area contributed by atoms with E-state index in [1.165, 1.54) is 0 Å². The van der Waals surface area contributed by atoms with Crippen LogP contribution in [-0.4, -0.2) is 32.0 Å². The fourth-order valence-electron chi connectivity index (χ4n) is 2.37. The first kappa shape index (κ1) is 19.5. The largest absolute Gasteiger partial charge is 0.497 e. The molecule has 3 N–H and O–H groups in total. The highest BCUT2D eigenvalue weighted by Crippen LogP contribution is 2.17. The van der Waals surface area contributed by atoms with Crippen LogP contribution in [0.25, 0.3) is 0 Å². The average Bonchev–Trinajstić information content (AvgIpc) is 2.67. The van der Waals surface area contributed by atoms with Crippen molar-refractivity contribution in [3.05, 3.63) is 54.1 Å². The summed E-state index contributed by atoms with van der Waals surface area (Å²) < 4.78 is 10.4. The number of nitrogens with one attached hydrogen (secondary N) is 1. The molecule has 26 heavy (non-hydrogen) atoms. The molecule has 2 rings (SSSR count). The molecule has 0 aliphatic heterocycles. The van der Waals surface area contributed by atoms with Crippen LogP contribution in [0.5, 0.6) is 11.5 Å². The molecule has 2 aromatic carbocycles. The summed E-state index contributed by atoms with van der Waals surface area (Å²) in [4.78, 5) is 24.1. The number of Topliss-reactive ketones (excluding diaryl/α,β-unsaturated/α-hetero) is 1. The van der Waals surface area contributed by atoms with Crippen LogP contribution in [-0.2, 0) is 4.79 Å². The molecule has 0 bridgehead atoms. The lowest BCUT2D eigenvalue weighted by Gasteiger charge is -2.08. The molecule has 6 nitrogen and oxygen atoms in total. The maximum atomic E-state index is 12.1. The minimum absolute atomic E-state index is 0.0156. The van der Waals surface area contributed by atoms with Crippen molar-refractivity contribution in [3.63, 3.8) is 0 Å². The van der Waals surface area contributed by atoms with Gasteiger partial charge in [0.1, 0.15) is 18.1 Å². The average molecular weight is 356 g/mol. The Hall–Kier alpha value is -2.86. The number of carbonyl (C=O) groups excluding carboxylic acids is 2. The van der Waals surface area contributed by atoms with Crippen molar-refractivity contribution in [2.24, 2.45) is 5.73 Å². The molecule has 0 spiro atoms. The summed E-state index contributed by atoms with van der Waals surface area (Å²) in [5.41, 5.74) is 6.69. The first-order valence-corrected chi connectivity index (χ1v) is 8.52. The Kier molecular flexibility index (Phi) is 7.64. The number of hydrogen-bond acceptors (Lipinski definition) is 5. The van der Waals surface area contributed by atoms with Crippen molar-refractivity contribution < 1.29 is 19.1 Å². The molecule has 0 saturated heterocycles. The van der Waals surface area contributed by atoms with E-state index in [4.69, 9.17) is 15.2 Å². The van der Waals surface area contributed by atoms with Gasteiger partial charge in [0, 0.05) is 30.6 Å². The van der Waals surface area contributed by atoms with E-state index in [9.17, 15) is 9.59 Å². The Bertz CT molecular complexity index is 712. The van der Waals surface area contributed by atoms with Crippen molar-refractivity contribution in [2.75, 3.05) is 25.6 Å². The number of carbonyl (C=O) groups is 2. The highest BCUT2D eigenvalue weighted by molar-refractivity contribution is 5.96. The molecule has 0 aliphatic carbocycles. The molecule has 6 heteroatoms. The van der Waals surface area contributed by atoms with Crippen LogP contribution >= 0.6 is 0 Å². The van der Waals surface area contributed by atoms with Gasteiger partial charge in [0.2, 0.25) is 5.91 Å². The first-order valence-electron chi connectivity index (χ1n) is 8.52. The first-order chi connectivity index (χ1) is 12.6. The summed E-state index contributed by atoms with van der Waals surface area (Å²) in [6.45, 7) is 0.904. The zero-order valence-electron chi connectivity index (χ0n) is 14.9. The highest BCUT2D eigenvalue weighted by atomic mass is 16.5. The van der Waals surface area contributed by atoms with E-state index in [1.807, 2.05) is 0 Å². The number of benzene rings is 2. The standard InChI is InChI=1S/C20H24N2O4/c1-25-17-9-5-15(6-10-17)19(23)3-2-4-20(24)22-16-7-11-18(12-8-16)26-14-13-21/h5-12H,2-4,13-14,21H2,1H3,(H,22,24). The Morgan fingerprint density at radius 1 is 0.962 bits per heavy atom. The van der Waals surface area contributed by atoms with E-state index in [2.05, 4.69) is 5.32 Å². The number of methoxy groups -OCH3 is 1. The predicted octanol–water partition coefficient (Wildman–Crippen LogP) is 3.02. The van der Waals surface area contributed by atoms with Gasteiger partial charge >= 0.3 is 0 Å². The summed E-state index contributed by atoms with van der Waals surface area (Å²) in [7, 11) is 1.58. The van der Waals surface area contributed by atoms with Gasteiger partial charge in [-0.15, -0.1) is 0 Å². The summed E-state index contributed by atoms with van der Waals surface area (Å²) in [6, 6.07) is 14.1. The number of anilines is 1. The second-order valence-corrected chi connectivity index (χ2v) is 5.71. The quantitative estimate of drug-likeness (QED) is 0.639. The number of ether oxygens (including phenoxy) is 2. The molecule has 0 heterocycles. The summed E-state index contributed by atoms with van der Waals surface area (Å²) in [6.07, 6.45) is 1.10. The molecule has 2 aromatic rings. The molecule has 0 aliphatic rings. The van der Waals surface area contributed by atoms with Gasteiger partial charge in [-0.05, 0) is 55.0 Å². The van der Waals surface area contributed by atoms with Gasteiger partial charge in [-0.25, -0.2) is 0 Å². The van der Waals surface area contributed by atoms with E-state index in [-0.39, 0.29) is 18.1 Å². The number of amides is 1. The van der Waals surface area contributed by atoms with Gasteiger partial charge < -0.3 is 20.5 Å². The van der Waals surface area contributed by atoms with Gasteiger partial charge in [0.15, 0.2) is 5.78 Å². The number of hydrogen-bond donors (Lipinski definition) is 2. The molecule has 0 atom stereocenters. The van der Waals surface area contributed by atoms with Gasteiger partial charge in [0.05, 0.1) is 7.11 Å². The van der Waals surface area contributed by atoms with Crippen molar-refractivity contribution in [3.8, 4) is 11.5 Å². The molecule has 0 radical (unpaired) electrons. The molecule has 0 aromatic heterocycles. The maximum Gasteiger partial charge on any atom is 0.224 e. The SMILES string of the molecule is COc1ccc(C(=O)CCCC(=O)Nc2ccc(OCCN)cc2)cc1. The van der Waals surface area contributed by atoms with Crippen molar-refractivity contribution in [1.29, 1.82) is 0 Å². The number of nitrogens with two attached hydrogens (primary N) is 1. The smallest absolute Gasteiger partial charge is 0.224 e. The van der Waals surface area contributed by atoms with Gasteiger partial charge in [-0.2, -0.15) is 0 Å². The van der Waals surface area contributed by atoms with E-state index >= 15 is 0 Å². The molecule has 0 saturated carbocycles. The summed E-state index contributed by atoms with van der Waals surface area (Å²) >= 11 is 0. The van der Waals surface area contributed by atoms with Crippen LogP contribution in [0.4, 0.5) is 5.69 Å². The third-order valence-corrected chi connectivity index (χ3v) is 3.74. The third-order valence-electron chi connectivity index (χ3n) is 3.74. The Labute approximate surface area is 153 Å². The Morgan fingerprint density at radius 3 is 2.23 bits per heavy atom. The van der Waals surface area contributed by atoms with Crippen LogP contribution < -0.4 is 20.5 Å². The van der Waals surface area contributed by atoms with Gasteiger partial charge in [-0.3, -0.25) is 9.59 Å². The molecule has 0 fully saturated rings. The molecule has 138 valence electrons. The lowest BCUT2D eigenvalue weighted by atomic mass is 10.1. The Balaban J connectivity index is 1.73. The zero-order chi connectivity index (χ0) is 18.8.